The van der Waals surface area contributed by atoms with Crippen molar-refractivity contribution >= 4 is 23.6 Å². The molecule has 2 rings (SSSR count). The van der Waals surface area contributed by atoms with Gasteiger partial charge in [0.1, 0.15) is 6.04 Å². The lowest BCUT2D eigenvalue weighted by molar-refractivity contribution is -0.157. The third kappa shape index (κ3) is 1.30. The highest BCUT2D eigenvalue weighted by atomic mass is 32.2. The number of ether oxygens (including phenoxy) is 1. The van der Waals surface area contributed by atoms with Crippen molar-refractivity contribution in [1.82, 2.24) is 10.2 Å². The third-order valence-corrected chi connectivity index (χ3v) is 3.21. The van der Waals surface area contributed by atoms with Gasteiger partial charge in [-0.3, -0.25) is 9.59 Å². The van der Waals surface area contributed by atoms with Gasteiger partial charge >= 0.3 is 0 Å². The molecule has 0 aromatic carbocycles. The number of rotatable bonds is 1. The zero-order chi connectivity index (χ0) is 9.42. The average Bonchev–Trinajstić information content (AvgIpc) is 2.60. The van der Waals surface area contributed by atoms with Crippen molar-refractivity contribution in [3.8, 4) is 0 Å². The SMILES string of the molecule is COC1NC(=O)C2CSCN2C1=O. The molecule has 5 nitrogen and oxygen atoms in total. The van der Waals surface area contributed by atoms with Crippen molar-refractivity contribution in [3.05, 3.63) is 0 Å². The molecule has 1 N–H and O–H groups in total. The maximum Gasteiger partial charge on any atom is 0.274 e. The van der Waals surface area contributed by atoms with Crippen LogP contribution in [0.25, 0.3) is 0 Å². The summed E-state index contributed by atoms with van der Waals surface area (Å²) in [6.45, 7) is 0. The highest BCUT2D eigenvalue weighted by Gasteiger charge is 2.43. The van der Waals surface area contributed by atoms with Crippen LogP contribution in [0.2, 0.25) is 0 Å². The van der Waals surface area contributed by atoms with Crippen LogP contribution in [0.3, 0.4) is 0 Å². The number of carbonyl (C=O) groups excluding carboxylic acids is 2. The van der Waals surface area contributed by atoms with E-state index in [9.17, 15) is 9.59 Å². The van der Waals surface area contributed by atoms with Crippen molar-refractivity contribution < 1.29 is 14.3 Å². The van der Waals surface area contributed by atoms with E-state index in [0.29, 0.717) is 11.6 Å². The first-order valence-electron chi connectivity index (χ1n) is 3.95. The highest BCUT2D eigenvalue weighted by molar-refractivity contribution is 7.99. The second kappa shape index (κ2) is 3.19. The lowest BCUT2D eigenvalue weighted by atomic mass is 10.2. The van der Waals surface area contributed by atoms with Crippen LogP contribution in [0, 0.1) is 0 Å². The normalized spacial score (nSPS) is 33.2. The Bertz CT molecular complexity index is 258. The molecule has 2 fully saturated rings. The van der Waals surface area contributed by atoms with Crippen LogP contribution in [-0.4, -0.2) is 47.7 Å². The molecule has 0 saturated carbocycles. The molecule has 2 unspecified atom stereocenters. The van der Waals surface area contributed by atoms with Crippen LogP contribution in [0.4, 0.5) is 0 Å². The van der Waals surface area contributed by atoms with Crippen LogP contribution in [0.15, 0.2) is 0 Å². The molecule has 2 heterocycles. The molecular formula is C7H10N2O3S. The van der Waals surface area contributed by atoms with E-state index in [4.69, 9.17) is 4.74 Å². The van der Waals surface area contributed by atoms with Gasteiger partial charge in [0, 0.05) is 12.9 Å². The molecule has 6 heteroatoms. The Morgan fingerprint density at radius 3 is 3.08 bits per heavy atom. The van der Waals surface area contributed by atoms with Gasteiger partial charge in [-0.25, -0.2) is 0 Å². The number of fused-ring (bicyclic) bond motifs is 1. The minimum atomic E-state index is -0.789. The summed E-state index contributed by atoms with van der Waals surface area (Å²) in [6.07, 6.45) is -0.789. The monoisotopic (exact) mass is 202 g/mol. The topological polar surface area (TPSA) is 58.6 Å². The second-order valence-corrected chi connectivity index (χ2v) is 3.95. The fourth-order valence-electron chi connectivity index (χ4n) is 1.47. The summed E-state index contributed by atoms with van der Waals surface area (Å²) in [5.74, 6) is 1.03. The van der Waals surface area contributed by atoms with Crippen molar-refractivity contribution in [1.29, 1.82) is 0 Å². The first-order chi connectivity index (χ1) is 6.24. The Morgan fingerprint density at radius 2 is 2.38 bits per heavy atom. The molecule has 2 aliphatic heterocycles. The molecule has 72 valence electrons. The molecule has 0 aliphatic carbocycles. The summed E-state index contributed by atoms with van der Waals surface area (Å²) < 4.78 is 4.85. The number of carbonyl (C=O) groups is 2. The van der Waals surface area contributed by atoms with Crippen LogP contribution in [0.5, 0.6) is 0 Å². The minimum Gasteiger partial charge on any atom is -0.353 e. The van der Waals surface area contributed by atoms with Gasteiger partial charge in [0.05, 0.1) is 5.88 Å². The van der Waals surface area contributed by atoms with E-state index in [1.54, 1.807) is 16.7 Å². The minimum absolute atomic E-state index is 0.114. The maximum atomic E-state index is 11.6. The molecule has 2 saturated heterocycles. The van der Waals surface area contributed by atoms with E-state index in [-0.39, 0.29) is 17.9 Å². The van der Waals surface area contributed by atoms with E-state index >= 15 is 0 Å². The Morgan fingerprint density at radius 1 is 1.62 bits per heavy atom. The summed E-state index contributed by atoms with van der Waals surface area (Å²) in [5, 5.41) is 2.52. The van der Waals surface area contributed by atoms with Crippen molar-refractivity contribution in [2.24, 2.45) is 0 Å². The molecule has 0 aromatic rings. The van der Waals surface area contributed by atoms with Gasteiger partial charge in [-0.15, -0.1) is 11.8 Å². The fourth-order valence-corrected chi connectivity index (χ4v) is 2.64. The summed E-state index contributed by atoms with van der Waals surface area (Å²) >= 11 is 1.59. The molecule has 0 spiro atoms. The molecular weight excluding hydrogens is 192 g/mol. The van der Waals surface area contributed by atoms with Crippen LogP contribution >= 0.6 is 11.8 Å². The first kappa shape index (κ1) is 8.83. The Labute approximate surface area is 79.8 Å². The van der Waals surface area contributed by atoms with Crippen molar-refractivity contribution in [2.45, 2.75) is 12.3 Å². The van der Waals surface area contributed by atoms with Crippen LogP contribution in [-0.2, 0) is 14.3 Å². The summed E-state index contributed by atoms with van der Waals surface area (Å²) in [6, 6.07) is -0.288. The standard InChI is InChI=1S/C7H10N2O3S/c1-12-6-7(11)9-3-13-2-4(9)5(10)8-6/h4,6H,2-3H2,1H3,(H,8,10). The van der Waals surface area contributed by atoms with Gasteiger partial charge in [0.2, 0.25) is 12.1 Å². The summed E-state index contributed by atoms with van der Waals surface area (Å²) in [4.78, 5) is 24.5. The van der Waals surface area contributed by atoms with Gasteiger partial charge < -0.3 is 15.0 Å². The lowest BCUT2D eigenvalue weighted by Gasteiger charge is -2.32. The molecule has 0 aromatic heterocycles. The van der Waals surface area contributed by atoms with Crippen molar-refractivity contribution in [2.75, 3.05) is 18.7 Å². The number of nitrogens with one attached hydrogen (secondary N) is 1. The zero-order valence-corrected chi connectivity index (χ0v) is 7.97. The first-order valence-corrected chi connectivity index (χ1v) is 5.11. The lowest BCUT2D eigenvalue weighted by Crippen LogP contribution is -2.62. The number of hydrogen-bond acceptors (Lipinski definition) is 4. The van der Waals surface area contributed by atoms with Gasteiger partial charge in [-0.2, -0.15) is 0 Å². The quantitative estimate of drug-likeness (QED) is 0.592. The second-order valence-electron chi connectivity index (χ2n) is 2.95. The summed E-state index contributed by atoms with van der Waals surface area (Å²) in [5.41, 5.74) is 0. The predicted molar refractivity (Wildman–Crippen MR) is 46.9 cm³/mol. The highest BCUT2D eigenvalue weighted by Crippen LogP contribution is 2.24. The van der Waals surface area contributed by atoms with E-state index < -0.39 is 6.23 Å². The van der Waals surface area contributed by atoms with Crippen LogP contribution in [0.1, 0.15) is 0 Å². The van der Waals surface area contributed by atoms with Gasteiger partial charge in [0.25, 0.3) is 5.91 Å². The number of thioether (sulfide) groups is 1. The van der Waals surface area contributed by atoms with Gasteiger partial charge in [-0.1, -0.05) is 0 Å². The Balaban J connectivity index is 2.19. The van der Waals surface area contributed by atoms with E-state index in [1.165, 1.54) is 7.11 Å². The van der Waals surface area contributed by atoms with E-state index in [0.717, 1.165) is 0 Å². The van der Waals surface area contributed by atoms with Gasteiger partial charge in [-0.05, 0) is 0 Å². The zero-order valence-electron chi connectivity index (χ0n) is 7.15. The number of hydrogen-bond donors (Lipinski definition) is 1. The smallest absolute Gasteiger partial charge is 0.274 e. The molecule has 2 amide bonds. The predicted octanol–water partition coefficient (Wildman–Crippen LogP) is -1.01. The molecule has 13 heavy (non-hydrogen) atoms. The van der Waals surface area contributed by atoms with E-state index in [2.05, 4.69) is 5.32 Å². The Kier molecular flexibility index (Phi) is 2.17. The molecule has 0 radical (unpaired) electrons. The van der Waals surface area contributed by atoms with Gasteiger partial charge in [0.15, 0.2) is 0 Å². The van der Waals surface area contributed by atoms with E-state index in [1.807, 2.05) is 0 Å². The number of amides is 2. The summed E-state index contributed by atoms with van der Waals surface area (Å²) in [7, 11) is 1.41. The Hall–Kier alpha value is -0.750. The largest absolute Gasteiger partial charge is 0.353 e. The fraction of sp³-hybridized carbons (Fsp3) is 0.714. The average molecular weight is 202 g/mol. The number of piperazine rings is 1. The molecule has 2 atom stereocenters. The number of methoxy groups -OCH3 is 1. The third-order valence-electron chi connectivity index (χ3n) is 2.20. The van der Waals surface area contributed by atoms with Crippen molar-refractivity contribution in [3.63, 3.8) is 0 Å². The van der Waals surface area contributed by atoms with Crippen LogP contribution < -0.4 is 5.32 Å². The molecule has 2 aliphatic rings. The maximum absolute atomic E-state index is 11.6. The molecule has 0 bridgehead atoms. The number of nitrogens with zero attached hydrogens (tertiary/aromatic N) is 1.